The average Bonchev–Trinajstić information content (AvgIpc) is 2.60. The maximum atomic E-state index is 13.8. The molecule has 0 heterocycles. The summed E-state index contributed by atoms with van der Waals surface area (Å²) < 4.78 is 40.9. The van der Waals surface area contributed by atoms with E-state index in [0.717, 1.165) is 17.7 Å². The summed E-state index contributed by atoms with van der Waals surface area (Å²) in [6.07, 6.45) is 0.528. The molecule has 0 atom stereocenters. The van der Waals surface area contributed by atoms with Crippen LogP contribution in [0, 0.1) is 5.82 Å². The number of nitrogens with one attached hydrogen (secondary N) is 1. The molecule has 6 nitrogen and oxygen atoms in total. The van der Waals surface area contributed by atoms with Gasteiger partial charge in [0.25, 0.3) is 0 Å². The van der Waals surface area contributed by atoms with Crippen molar-refractivity contribution in [3.8, 4) is 0 Å². The van der Waals surface area contributed by atoms with Crippen LogP contribution in [0.1, 0.15) is 12.5 Å². The van der Waals surface area contributed by atoms with Crippen LogP contribution in [0.4, 0.5) is 10.1 Å². The van der Waals surface area contributed by atoms with E-state index in [0.29, 0.717) is 6.42 Å². The fourth-order valence-electron chi connectivity index (χ4n) is 2.49. The maximum absolute atomic E-state index is 13.8. The number of nitrogens with two attached hydrogens (primary N) is 1. The summed E-state index contributed by atoms with van der Waals surface area (Å²) in [4.78, 5) is 11.1. The molecule has 0 spiro atoms. The molecule has 0 unspecified atom stereocenters. The molecule has 1 amide bonds. The lowest BCUT2D eigenvalue weighted by molar-refractivity contribution is -0.114. The molecule has 2 aromatic rings. The third-order valence-electron chi connectivity index (χ3n) is 3.76. The van der Waals surface area contributed by atoms with Gasteiger partial charge in [-0.3, -0.25) is 4.79 Å². The van der Waals surface area contributed by atoms with Crippen molar-refractivity contribution in [1.29, 1.82) is 0 Å². The molecule has 0 fully saturated rings. The van der Waals surface area contributed by atoms with E-state index in [9.17, 15) is 17.6 Å². The van der Waals surface area contributed by atoms with Gasteiger partial charge in [-0.1, -0.05) is 30.3 Å². The van der Waals surface area contributed by atoms with Crippen molar-refractivity contribution in [2.24, 2.45) is 5.73 Å². The van der Waals surface area contributed by atoms with E-state index in [1.165, 1.54) is 17.3 Å². The lowest BCUT2D eigenvalue weighted by atomic mass is 10.1. The summed E-state index contributed by atoms with van der Waals surface area (Å²) in [7, 11) is -3.87. The Labute approximate surface area is 152 Å². The Balaban J connectivity index is 2.27. The number of halogens is 1. The van der Waals surface area contributed by atoms with Gasteiger partial charge in [-0.15, -0.1) is 0 Å². The number of rotatable bonds is 8. The molecule has 0 aliphatic heterocycles. The van der Waals surface area contributed by atoms with Gasteiger partial charge in [-0.2, -0.15) is 4.31 Å². The molecule has 0 saturated heterocycles. The molecule has 140 valence electrons. The Hall–Kier alpha value is -2.29. The van der Waals surface area contributed by atoms with E-state index >= 15 is 0 Å². The van der Waals surface area contributed by atoms with E-state index in [2.05, 4.69) is 5.32 Å². The van der Waals surface area contributed by atoms with Crippen molar-refractivity contribution in [1.82, 2.24) is 4.31 Å². The topological polar surface area (TPSA) is 92.5 Å². The number of amides is 1. The van der Waals surface area contributed by atoms with Crippen molar-refractivity contribution in [3.63, 3.8) is 0 Å². The van der Waals surface area contributed by atoms with Gasteiger partial charge in [0, 0.05) is 26.6 Å². The molecule has 0 aliphatic carbocycles. The molecule has 0 bridgehead atoms. The van der Waals surface area contributed by atoms with Crippen molar-refractivity contribution < 1.29 is 17.6 Å². The third kappa shape index (κ3) is 5.10. The SMILES string of the molecule is CC(=O)Nc1cc(S(=O)(=O)N(CCN)CCc2ccccc2)ccc1F. The van der Waals surface area contributed by atoms with Crippen LogP contribution in [-0.4, -0.2) is 38.3 Å². The minimum atomic E-state index is -3.87. The summed E-state index contributed by atoms with van der Waals surface area (Å²) in [5.74, 6) is -1.19. The quantitative estimate of drug-likeness (QED) is 0.733. The molecule has 0 radical (unpaired) electrons. The zero-order chi connectivity index (χ0) is 19.2. The van der Waals surface area contributed by atoms with E-state index in [4.69, 9.17) is 5.73 Å². The highest BCUT2D eigenvalue weighted by molar-refractivity contribution is 7.89. The molecule has 0 saturated carbocycles. The highest BCUT2D eigenvalue weighted by atomic mass is 32.2. The molecular weight excluding hydrogens is 357 g/mol. The van der Waals surface area contributed by atoms with Crippen LogP contribution in [-0.2, 0) is 21.2 Å². The first-order chi connectivity index (χ1) is 12.3. The Kier molecular flexibility index (Phi) is 6.84. The number of carbonyl (C=O) groups excluding carboxylic acids is 1. The van der Waals surface area contributed by atoms with Gasteiger partial charge in [-0.05, 0) is 30.2 Å². The number of nitrogens with zero attached hydrogens (tertiary/aromatic N) is 1. The number of hydrogen-bond acceptors (Lipinski definition) is 4. The summed E-state index contributed by atoms with van der Waals surface area (Å²) in [5.41, 5.74) is 6.40. The van der Waals surface area contributed by atoms with Gasteiger partial charge in [0.15, 0.2) is 0 Å². The molecule has 3 N–H and O–H groups in total. The smallest absolute Gasteiger partial charge is 0.243 e. The first-order valence-corrected chi connectivity index (χ1v) is 9.60. The van der Waals surface area contributed by atoms with Gasteiger partial charge in [-0.25, -0.2) is 12.8 Å². The normalized spacial score (nSPS) is 11.5. The second-order valence-corrected chi connectivity index (χ2v) is 7.69. The highest BCUT2D eigenvalue weighted by Crippen LogP contribution is 2.23. The monoisotopic (exact) mass is 379 g/mol. The predicted molar refractivity (Wildman–Crippen MR) is 98.7 cm³/mol. The van der Waals surface area contributed by atoms with E-state index in [-0.39, 0.29) is 30.2 Å². The van der Waals surface area contributed by atoms with Gasteiger partial charge >= 0.3 is 0 Å². The second-order valence-electron chi connectivity index (χ2n) is 5.75. The van der Waals surface area contributed by atoms with E-state index < -0.39 is 21.7 Å². The Morgan fingerprint density at radius 3 is 2.46 bits per heavy atom. The number of anilines is 1. The number of benzene rings is 2. The van der Waals surface area contributed by atoms with Crippen LogP contribution in [0.3, 0.4) is 0 Å². The summed E-state index contributed by atoms with van der Waals surface area (Å²) >= 11 is 0. The third-order valence-corrected chi connectivity index (χ3v) is 5.65. The van der Waals surface area contributed by atoms with Crippen molar-refractivity contribution in [2.75, 3.05) is 25.0 Å². The lowest BCUT2D eigenvalue weighted by Gasteiger charge is -2.22. The minimum absolute atomic E-state index is 0.0934. The average molecular weight is 379 g/mol. The van der Waals surface area contributed by atoms with Gasteiger partial charge in [0.05, 0.1) is 10.6 Å². The second kappa shape index (κ2) is 8.88. The number of sulfonamides is 1. The Morgan fingerprint density at radius 2 is 1.85 bits per heavy atom. The van der Waals surface area contributed by atoms with E-state index in [1.54, 1.807) is 0 Å². The van der Waals surface area contributed by atoms with Crippen LogP contribution in [0.25, 0.3) is 0 Å². The van der Waals surface area contributed by atoms with Crippen LogP contribution in [0.5, 0.6) is 0 Å². The number of carbonyl (C=O) groups is 1. The lowest BCUT2D eigenvalue weighted by Crippen LogP contribution is -2.37. The zero-order valence-corrected chi connectivity index (χ0v) is 15.3. The molecule has 0 aromatic heterocycles. The van der Waals surface area contributed by atoms with Gasteiger partial charge in [0.2, 0.25) is 15.9 Å². The van der Waals surface area contributed by atoms with Crippen LogP contribution >= 0.6 is 0 Å². The Bertz CT molecular complexity index is 857. The largest absolute Gasteiger partial charge is 0.329 e. The molecule has 2 aromatic carbocycles. The highest BCUT2D eigenvalue weighted by Gasteiger charge is 2.25. The zero-order valence-electron chi connectivity index (χ0n) is 14.5. The number of hydrogen-bond donors (Lipinski definition) is 2. The van der Waals surface area contributed by atoms with Crippen LogP contribution < -0.4 is 11.1 Å². The van der Waals surface area contributed by atoms with Crippen molar-refractivity contribution >= 4 is 21.6 Å². The minimum Gasteiger partial charge on any atom is -0.329 e. The van der Waals surface area contributed by atoms with E-state index in [1.807, 2.05) is 30.3 Å². The molecule has 26 heavy (non-hydrogen) atoms. The standard InChI is InChI=1S/C18H22FN3O3S/c1-14(23)21-18-13-16(7-8-17(18)19)26(24,25)22(12-10-20)11-9-15-5-3-2-4-6-15/h2-8,13H,9-12,20H2,1H3,(H,21,23). The summed E-state index contributed by atoms with van der Waals surface area (Å²) in [6.45, 7) is 1.77. The fraction of sp³-hybridized carbons (Fsp3) is 0.278. The fourth-order valence-corrected chi connectivity index (χ4v) is 3.98. The van der Waals surface area contributed by atoms with Gasteiger partial charge in [0.1, 0.15) is 5.82 Å². The van der Waals surface area contributed by atoms with Crippen LogP contribution in [0.2, 0.25) is 0 Å². The molecule has 0 aliphatic rings. The van der Waals surface area contributed by atoms with Crippen molar-refractivity contribution in [2.45, 2.75) is 18.2 Å². The predicted octanol–water partition coefficient (Wildman–Crippen LogP) is 1.98. The van der Waals surface area contributed by atoms with Crippen LogP contribution in [0.15, 0.2) is 53.4 Å². The molecule has 8 heteroatoms. The molecular formula is C18H22FN3O3S. The Morgan fingerprint density at radius 1 is 1.15 bits per heavy atom. The first kappa shape index (κ1) is 20.0. The summed E-state index contributed by atoms with van der Waals surface area (Å²) in [6, 6.07) is 12.8. The molecule has 2 rings (SSSR count). The summed E-state index contributed by atoms with van der Waals surface area (Å²) in [5, 5.41) is 2.29. The van der Waals surface area contributed by atoms with Gasteiger partial charge < -0.3 is 11.1 Å². The maximum Gasteiger partial charge on any atom is 0.243 e. The van der Waals surface area contributed by atoms with Crippen molar-refractivity contribution in [3.05, 3.63) is 59.9 Å². The first-order valence-electron chi connectivity index (χ1n) is 8.16.